The first-order chi connectivity index (χ1) is 11.7. The average molecular weight is 368 g/mol. The van der Waals surface area contributed by atoms with Crippen molar-refractivity contribution in [2.45, 2.75) is 55.8 Å². The Balaban J connectivity index is 1.38. The fourth-order valence-corrected chi connectivity index (χ4v) is 4.45. The Hall–Kier alpha value is -1.61. The number of anilines is 2. The van der Waals surface area contributed by atoms with Crippen LogP contribution in [0.5, 0.6) is 0 Å². The highest BCUT2D eigenvalue weighted by atomic mass is 32.2. The first kappa shape index (κ1) is 17.2. The summed E-state index contributed by atoms with van der Waals surface area (Å²) in [7, 11) is 0. The van der Waals surface area contributed by atoms with Crippen LogP contribution in [0.15, 0.2) is 14.9 Å². The molecule has 1 amide bonds. The minimum atomic E-state index is -0.0825. The number of nitrogens with zero attached hydrogens (tertiary/aromatic N) is 3. The first-order valence-electron chi connectivity index (χ1n) is 8.15. The van der Waals surface area contributed by atoms with Gasteiger partial charge in [0.1, 0.15) is 5.76 Å². The largest absolute Gasteiger partial charge is 0.360 e. The Morgan fingerprint density at radius 3 is 2.96 bits per heavy atom. The molecule has 24 heavy (non-hydrogen) atoms. The summed E-state index contributed by atoms with van der Waals surface area (Å²) in [5, 5.41) is 19.2. The topological polar surface area (TPSA) is 92.9 Å². The molecule has 1 saturated carbocycles. The van der Waals surface area contributed by atoms with E-state index >= 15 is 0 Å². The van der Waals surface area contributed by atoms with Gasteiger partial charge in [-0.25, -0.2) is 0 Å². The molecule has 0 spiro atoms. The van der Waals surface area contributed by atoms with Crippen LogP contribution in [-0.4, -0.2) is 33.1 Å². The van der Waals surface area contributed by atoms with Crippen molar-refractivity contribution in [2.24, 2.45) is 0 Å². The van der Waals surface area contributed by atoms with Crippen LogP contribution in [0.4, 0.5) is 10.9 Å². The molecule has 0 atom stereocenters. The molecule has 2 heterocycles. The maximum absolute atomic E-state index is 11.8. The number of hydrogen-bond donors (Lipinski definition) is 2. The highest BCUT2D eigenvalue weighted by Crippen LogP contribution is 2.28. The van der Waals surface area contributed by atoms with Crippen LogP contribution >= 0.6 is 23.1 Å². The molecule has 2 aromatic heterocycles. The second kappa shape index (κ2) is 8.48. The second-order valence-corrected chi connectivity index (χ2v) is 8.14. The maximum atomic E-state index is 11.8. The molecule has 0 bridgehead atoms. The number of aryl methyl sites for hydroxylation is 1. The molecule has 1 fully saturated rings. The van der Waals surface area contributed by atoms with Crippen LogP contribution < -0.4 is 10.6 Å². The molecule has 130 valence electrons. The van der Waals surface area contributed by atoms with Gasteiger partial charge in [0.2, 0.25) is 11.0 Å². The van der Waals surface area contributed by atoms with Crippen molar-refractivity contribution in [1.82, 2.24) is 15.4 Å². The lowest BCUT2D eigenvalue weighted by Gasteiger charge is -2.21. The molecule has 0 aromatic carbocycles. The standard InChI is InChI=1S/C15H21N5O2S2/c1-10-9-12(20-22-10)17-13(21)7-8-23-15-19-18-14(24-15)16-11-5-3-2-4-6-11/h9,11H,2-8H2,1H3,(H,16,18)(H,17,20,21). The monoisotopic (exact) mass is 367 g/mol. The summed E-state index contributed by atoms with van der Waals surface area (Å²) in [4.78, 5) is 11.8. The first-order valence-corrected chi connectivity index (χ1v) is 9.95. The Bertz CT molecular complexity index is 666. The summed E-state index contributed by atoms with van der Waals surface area (Å²) >= 11 is 3.10. The van der Waals surface area contributed by atoms with Gasteiger partial charge in [-0.2, -0.15) is 0 Å². The van der Waals surface area contributed by atoms with Crippen molar-refractivity contribution in [1.29, 1.82) is 0 Å². The van der Waals surface area contributed by atoms with Gasteiger partial charge in [-0.05, 0) is 19.8 Å². The molecule has 0 unspecified atom stereocenters. The summed E-state index contributed by atoms with van der Waals surface area (Å²) in [5.74, 6) is 1.70. The molecule has 0 radical (unpaired) electrons. The van der Waals surface area contributed by atoms with Crippen LogP contribution in [0, 0.1) is 6.92 Å². The molecule has 1 aliphatic carbocycles. The zero-order valence-electron chi connectivity index (χ0n) is 13.6. The van der Waals surface area contributed by atoms with Gasteiger partial charge in [0, 0.05) is 24.3 Å². The van der Waals surface area contributed by atoms with E-state index in [2.05, 4.69) is 26.0 Å². The minimum Gasteiger partial charge on any atom is -0.360 e. The molecule has 2 aromatic rings. The van der Waals surface area contributed by atoms with Gasteiger partial charge < -0.3 is 15.2 Å². The van der Waals surface area contributed by atoms with E-state index in [-0.39, 0.29) is 5.91 Å². The van der Waals surface area contributed by atoms with Crippen molar-refractivity contribution in [3.05, 3.63) is 11.8 Å². The number of amides is 1. The quantitative estimate of drug-likeness (QED) is 0.721. The third kappa shape index (κ3) is 5.20. The SMILES string of the molecule is Cc1cc(NC(=O)CCSc2nnc(NC3CCCCC3)s2)no1. The Morgan fingerprint density at radius 1 is 1.38 bits per heavy atom. The van der Waals surface area contributed by atoms with E-state index in [4.69, 9.17) is 4.52 Å². The third-order valence-corrected chi connectivity index (χ3v) is 5.78. The number of carbonyl (C=O) groups excluding carboxylic acids is 1. The third-order valence-electron chi connectivity index (χ3n) is 3.79. The van der Waals surface area contributed by atoms with Crippen molar-refractivity contribution < 1.29 is 9.32 Å². The van der Waals surface area contributed by atoms with Gasteiger partial charge >= 0.3 is 0 Å². The second-order valence-electron chi connectivity index (χ2n) is 5.82. The lowest BCUT2D eigenvalue weighted by Crippen LogP contribution is -2.21. The molecule has 7 nitrogen and oxygen atoms in total. The molecule has 1 aliphatic rings. The molecule has 3 rings (SSSR count). The van der Waals surface area contributed by atoms with Crippen molar-refractivity contribution in [3.63, 3.8) is 0 Å². The van der Waals surface area contributed by atoms with Crippen LogP contribution in [0.3, 0.4) is 0 Å². The average Bonchev–Trinajstić information content (AvgIpc) is 3.17. The van der Waals surface area contributed by atoms with Crippen LogP contribution in [0.25, 0.3) is 0 Å². The summed E-state index contributed by atoms with van der Waals surface area (Å²) in [6, 6.07) is 2.22. The normalized spacial score (nSPS) is 15.4. The number of hydrogen-bond acceptors (Lipinski definition) is 8. The number of aromatic nitrogens is 3. The number of nitrogens with one attached hydrogen (secondary N) is 2. The molecule has 0 aliphatic heterocycles. The summed E-state index contributed by atoms with van der Waals surface area (Å²) < 4.78 is 5.80. The van der Waals surface area contributed by atoms with Gasteiger partial charge in [0.15, 0.2) is 10.2 Å². The van der Waals surface area contributed by atoms with E-state index in [9.17, 15) is 4.79 Å². The van der Waals surface area contributed by atoms with E-state index in [0.29, 0.717) is 29.8 Å². The highest BCUT2D eigenvalue weighted by Gasteiger charge is 2.15. The molecule has 9 heteroatoms. The summed E-state index contributed by atoms with van der Waals surface area (Å²) in [6.07, 6.45) is 6.73. The fraction of sp³-hybridized carbons (Fsp3) is 0.600. The Labute approximate surface area is 149 Å². The summed E-state index contributed by atoms with van der Waals surface area (Å²) in [6.45, 7) is 1.78. The smallest absolute Gasteiger partial charge is 0.226 e. The van der Waals surface area contributed by atoms with Crippen molar-refractivity contribution in [2.75, 3.05) is 16.4 Å². The maximum Gasteiger partial charge on any atom is 0.226 e. The zero-order valence-corrected chi connectivity index (χ0v) is 15.2. The van der Waals surface area contributed by atoms with E-state index in [1.54, 1.807) is 36.1 Å². The van der Waals surface area contributed by atoms with Gasteiger partial charge in [0.25, 0.3) is 0 Å². The van der Waals surface area contributed by atoms with E-state index in [1.165, 1.54) is 32.1 Å². The van der Waals surface area contributed by atoms with E-state index in [1.807, 2.05) is 0 Å². The fourth-order valence-electron chi connectivity index (χ4n) is 2.61. The lowest BCUT2D eigenvalue weighted by molar-refractivity contribution is -0.115. The van der Waals surface area contributed by atoms with E-state index < -0.39 is 0 Å². The molecular formula is C15H21N5O2S2. The van der Waals surface area contributed by atoms with Crippen LogP contribution in [0.1, 0.15) is 44.3 Å². The van der Waals surface area contributed by atoms with Gasteiger partial charge in [-0.15, -0.1) is 10.2 Å². The summed E-state index contributed by atoms with van der Waals surface area (Å²) in [5.41, 5.74) is 0. The minimum absolute atomic E-state index is 0.0825. The van der Waals surface area contributed by atoms with Crippen LogP contribution in [0.2, 0.25) is 0 Å². The number of thioether (sulfide) groups is 1. The van der Waals surface area contributed by atoms with Gasteiger partial charge in [-0.1, -0.05) is 47.5 Å². The zero-order chi connectivity index (χ0) is 16.8. The molecule has 0 saturated heterocycles. The predicted molar refractivity (Wildman–Crippen MR) is 95.6 cm³/mol. The molecule has 2 N–H and O–H groups in total. The number of carbonyl (C=O) groups is 1. The Morgan fingerprint density at radius 2 is 2.21 bits per heavy atom. The van der Waals surface area contributed by atoms with Crippen LogP contribution in [-0.2, 0) is 4.79 Å². The van der Waals surface area contributed by atoms with Gasteiger partial charge in [0.05, 0.1) is 0 Å². The lowest BCUT2D eigenvalue weighted by atomic mass is 9.96. The predicted octanol–water partition coefficient (Wildman–Crippen LogP) is 3.70. The molecular weight excluding hydrogens is 346 g/mol. The highest BCUT2D eigenvalue weighted by molar-refractivity contribution is 8.01. The Kier molecular flexibility index (Phi) is 6.08. The van der Waals surface area contributed by atoms with Crippen molar-refractivity contribution in [3.8, 4) is 0 Å². The van der Waals surface area contributed by atoms with Crippen molar-refractivity contribution >= 4 is 40.0 Å². The van der Waals surface area contributed by atoms with Gasteiger partial charge in [-0.3, -0.25) is 4.79 Å². The number of rotatable bonds is 7. The van der Waals surface area contributed by atoms with E-state index in [0.717, 1.165) is 9.47 Å².